The van der Waals surface area contributed by atoms with E-state index in [9.17, 15) is 9.59 Å². The van der Waals surface area contributed by atoms with Crippen LogP contribution in [0.25, 0.3) is 10.9 Å². The van der Waals surface area contributed by atoms with Crippen molar-refractivity contribution in [3.8, 4) is 0 Å². The third kappa shape index (κ3) is 4.73. The molecule has 3 aromatic rings. The van der Waals surface area contributed by atoms with Crippen LogP contribution < -0.4 is 10.7 Å². The molecule has 4 nitrogen and oxygen atoms in total. The predicted molar refractivity (Wildman–Crippen MR) is 104 cm³/mol. The van der Waals surface area contributed by atoms with Gasteiger partial charge in [-0.15, -0.1) is 11.8 Å². The number of nitrogens with one attached hydrogen (secondary N) is 2. The van der Waals surface area contributed by atoms with E-state index in [4.69, 9.17) is 0 Å². The lowest BCUT2D eigenvalue weighted by atomic mass is 10.1. The van der Waals surface area contributed by atoms with Crippen molar-refractivity contribution >= 4 is 28.6 Å². The second kappa shape index (κ2) is 8.03. The summed E-state index contributed by atoms with van der Waals surface area (Å²) in [5, 5.41) is 3.60. The summed E-state index contributed by atoms with van der Waals surface area (Å²) in [6, 6.07) is 17.2. The number of hydrogen-bond acceptors (Lipinski definition) is 3. The highest BCUT2D eigenvalue weighted by atomic mass is 32.2. The summed E-state index contributed by atoms with van der Waals surface area (Å²) in [6.07, 6.45) is 0. The lowest BCUT2D eigenvalue weighted by Crippen LogP contribution is -2.24. The number of amides is 1. The zero-order chi connectivity index (χ0) is 17.6. The molecule has 0 aliphatic heterocycles. The normalized spacial score (nSPS) is 10.8. The molecule has 1 amide bonds. The van der Waals surface area contributed by atoms with Crippen LogP contribution in [0.5, 0.6) is 0 Å². The van der Waals surface area contributed by atoms with Crippen molar-refractivity contribution in [2.24, 2.45) is 0 Å². The van der Waals surface area contributed by atoms with E-state index in [0.717, 1.165) is 22.3 Å². The van der Waals surface area contributed by atoms with E-state index in [0.29, 0.717) is 23.4 Å². The highest BCUT2D eigenvalue weighted by Crippen LogP contribution is 2.14. The Labute approximate surface area is 150 Å². The minimum absolute atomic E-state index is 0.00664. The molecule has 2 aromatic carbocycles. The number of thioether (sulfide) groups is 1. The second-order valence-electron chi connectivity index (χ2n) is 5.96. The molecule has 0 unspecified atom stereocenters. The number of benzene rings is 2. The number of carbonyl (C=O) groups excluding carboxylic acids is 1. The number of aryl methyl sites for hydroxylation is 1. The number of aromatic nitrogens is 1. The first kappa shape index (κ1) is 17.3. The van der Waals surface area contributed by atoms with Gasteiger partial charge < -0.3 is 10.3 Å². The van der Waals surface area contributed by atoms with Crippen LogP contribution >= 0.6 is 11.8 Å². The van der Waals surface area contributed by atoms with Crippen molar-refractivity contribution < 1.29 is 4.79 Å². The van der Waals surface area contributed by atoms with E-state index < -0.39 is 0 Å². The number of hydrogen-bond donors (Lipinski definition) is 2. The van der Waals surface area contributed by atoms with Gasteiger partial charge in [-0.1, -0.05) is 36.4 Å². The maximum atomic E-state index is 12.2. The minimum Gasteiger partial charge on any atom is -0.357 e. The van der Waals surface area contributed by atoms with Gasteiger partial charge in [-0.25, -0.2) is 0 Å². The Balaban J connectivity index is 1.54. The lowest BCUT2D eigenvalue weighted by molar-refractivity contribution is -0.118. The van der Waals surface area contributed by atoms with Gasteiger partial charge in [0.1, 0.15) is 0 Å². The van der Waals surface area contributed by atoms with Crippen LogP contribution in [0, 0.1) is 6.92 Å². The monoisotopic (exact) mass is 352 g/mol. The predicted octanol–water partition coefficient (Wildman–Crippen LogP) is 3.39. The molecular weight excluding hydrogens is 332 g/mol. The van der Waals surface area contributed by atoms with Crippen LogP contribution in [-0.2, 0) is 17.1 Å². The second-order valence-corrected chi connectivity index (χ2v) is 6.95. The zero-order valence-corrected chi connectivity index (χ0v) is 14.9. The molecule has 0 fully saturated rings. The smallest absolute Gasteiger partial charge is 0.230 e. The molecule has 0 saturated carbocycles. The van der Waals surface area contributed by atoms with Gasteiger partial charge in [0.05, 0.1) is 5.75 Å². The molecule has 0 radical (unpaired) electrons. The molecule has 0 spiro atoms. The molecule has 5 heteroatoms. The summed E-state index contributed by atoms with van der Waals surface area (Å²) in [6.45, 7) is 2.53. The van der Waals surface area contributed by atoms with Gasteiger partial charge in [-0.05, 0) is 30.2 Å². The van der Waals surface area contributed by atoms with E-state index in [-0.39, 0.29) is 11.3 Å². The largest absolute Gasteiger partial charge is 0.357 e. The minimum atomic E-state index is -0.00664. The molecule has 1 aromatic heterocycles. The summed E-state index contributed by atoms with van der Waals surface area (Å²) < 4.78 is 0. The van der Waals surface area contributed by atoms with Crippen molar-refractivity contribution in [1.29, 1.82) is 0 Å². The molecule has 0 atom stereocenters. The van der Waals surface area contributed by atoms with Crippen LogP contribution in [0.2, 0.25) is 0 Å². The van der Waals surface area contributed by atoms with Crippen molar-refractivity contribution in [3.05, 3.63) is 81.6 Å². The van der Waals surface area contributed by atoms with Crippen molar-refractivity contribution in [1.82, 2.24) is 10.3 Å². The fourth-order valence-electron chi connectivity index (χ4n) is 2.60. The number of rotatable bonds is 6. The molecule has 25 heavy (non-hydrogen) atoms. The quantitative estimate of drug-likeness (QED) is 0.715. The summed E-state index contributed by atoms with van der Waals surface area (Å²) in [5.74, 6) is 0.950. The number of carbonyl (C=O) groups is 1. The molecular formula is C20H20N2O2S. The van der Waals surface area contributed by atoms with E-state index in [2.05, 4.69) is 10.3 Å². The fourth-order valence-corrected chi connectivity index (χ4v) is 3.37. The highest BCUT2D eigenvalue weighted by molar-refractivity contribution is 7.99. The van der Waals surface area contributed by atoms with Gasteiger partial charge >= 0.3 is 0 Å². The summed E-state index contributed by atoms with van der Waals surface area (Å²) in [4.78, 5) is 27.4. The van der Waals surface area contributed by atoms with E-state index >= 15 is 0 Å². The Morgan fingerprint density at radius 2 is 1.92 bits per heavy atom. The number of aromatic amines is 1. The molecule has 1 heterocycles. The van der Waals surface area contributed by atoms with Crippen molar-refractivity contribution in [2.75, 3.05) is 5.75 Å². The number of pyridine rings is 1. The Kier molecular flexibility index (Phi) is 5.56. The summed E-state index contributed by atoms with van der Waals surface area (Å²) >= 11 is 1.49. The Morgan fingerprint density at radius 1 is 1.12 bits per heavy atom. The van der Waals surface area contributed by atoms with Crippen molar-refractivity contribution in [2.45, 2.75) is 19.2 Å². The zero-order valence-electron chi connectivity index (χ0n) is 14.0. The van der Waals surface area contributed by atoms with Gasteiger partial charge in [-0.3, -0.25) is 9.59 Å². The van der Waals surface area contributed by atoms with Crippen LogP contribution in [0.15, 0.2) is 59.4 Å². The summed E-state index contributed by atoms with van der Waals surface area (Å²) in [7, 11) is 0. The first-order chi connectivity index (χ1) is 12.1. The molecule has 0 saturated heterocycles. The van der Waals surface area contributed by atoms with Crippen LogP contribution in [0.1, 0.15) is 16.8 Å². The van der Waals surface area contributed by atoms with Crippen LogP contribution in [0.4, 0.5) is 0 Å². The average Bonchev–Trinajstić information content (AvgIpc) is 2.60. The van der Waals surface area contributed by atoms with E-state index in [1.54, 1.807) is 6.07 Å². The maximum Gasteiger partial charge on any atom is 0.230 e. The Morgan fingerprint density at radius 3 is 2.72 bits per heavy atom. The third-order valence-electron chi connectivity index (χ3n) is 3.86. The van der Waals surface area contributed by atoms with Crippen LogP contribution in [-0.4, -0.2) is 16.6 Å². The van der Waals surface area contributed by atoms with Gasteiger partial charge in [0, 0.05) is 35.0 Å². The summed E-state index contributed by atoms with van der Waals surface area (Å²) in [5.41, 5.74) is 3.88. The number of H-pyrrole nitrogens is 1. The molecule has 2 N–H and O–H groups in total. The Bertz CT molecular complexity index is 935. The standard InChI is InChI=1S/C20H20N2O2S/c1-14-7-8-17-18(9-14)22-16(10-19(17)23)12-25-13-20(24)21-11-15-5-3-2-4-6-15/h2-10H,11-13H2,1H3,(H,21,24)(H,22,23). The molecule has 0 aliphatic rings. The molecule has 128 valence electrons. The lowest BCUT2D eigenvalue weighted by Gasteiger charge is -2.07. The van der Waals surface area contributed by atoms with Crippen LogP contribution in [0.3, 0.4) is 0 Å². The fraction of sp³-hybridized carbons (Fsp3) is 0.200. The SMILES string of the molecule is Cc1ccc2c(=O)cc(CSCC(=O)NCc3ccccc3)[nH]c2c1. The van der Waals surface area contributed by atoms with E-state index in [1.165, 1.54) is 11.8 Å². The first-order valence-electron chi connectivity index (χ1n) is 8.13. The van der Waals surface area contributed by atoms with Crippen molar-refractivity contribution in [3.63, 3.8) is 0 Å². The van der Waals surface area contributed by atoms with Gasteiger partial charge in [0.15, 0.2) is 5.43 Å². The molecule has 3 rings (SSSR count). The number of fused-ring (bicyclic) bond motifs is 1. The Hall–Kier alpha value is -2.53. The molecule has 0 bridgehead atoms. The topological polar surface area (TPSA) is 62.0 Å². The van der Waals surface area contributed by atoms with Gasteiger partial charge in [0.2, 0.25) is 5.91 Å². The average molecular weight is 352 g/mol. The van der Waals surface area contributed by atoms with Gasteiger partial charge in [-0.2, -0.15) is 0 Å². The first-order valence-corrected chi connectivity index (χ1v) is 9.28. The molecule has 0 aliphatic carbocycles. The van der Waals surface area contributed by atoms with Gasteiger partial charge in [0.25, 0.3) is 0 Å². The third-order valence-corrected chi connectivity index (χ3v) is 4.85. The van der Waals surface area contributed by atoms with E-state index in [1.807, 2.05) is 55.5 Å². The highest BCUT2D eigenvalue weighted by Gasteiger charge is 2.05. The maximum absolute atomic E-state index is 12.2.